The molecule has 1 aromatic carbocycles. The van der Waals surface area contributed by atoms with Gasteiger partial charge in [-0.15, -0.1) is 0 Å². The Balaban J connectivity index is 2.01. The molecule has 0 saturated carbocycles. The molecule has 0 radical (unpaired) electrons. The van der Waals surface area contributed by atoms with E-state index in [0.717, 1.165) is 26.8 Å². The standard InChI is InChI=1S/C16H16IN/c1-13(17)7-3-2-4-8-14-11-15-9-5-6-10-16(15)18-12-14/h5-6,9-13H,2-3,7H2,1H3. The molecule has 92 valence electrons. The molecule has 2 heteroatoms. The number of rotatable bonds is 3. The van der Waals surface area contributed by atoms with Crippen molar-refractivity contribution in [3.05, 3.63) is 42.1 Å². The Morgan fingerprint density at radius 1 is 1.33 bits per heavy atom. The van der Waals surface area contributed by atoms with E-state index in [1.807, 2.05) is 24.4 Å². The topological polar surface area (TPSA) is 12.9 Å². The number of halogens is 1. The summed E-state index contributed by atoms with van der Waals surface area (Å²) in [6.07, 6.45) is 5.25. The van der Waals surface area contributed by atoms with Crippen molar-refractivity contribution < 1.29 is 0 Å². The Labute approximate surface area is 122 Å². The smallest absolute Gasteiger partial charge is 0.0702 e. The zero-order valence-corrected chi connectivity index (χ0v) is 12.6. The predicted molar refractivity (Wildman–Crippen MR) is 86.0 cm³/mol. The number of benzene rings is 1. The summed E-state index contributed by atoms with van der Waals surface area (Å²) in [6, 6.07) is 10.2. The van der Waals surface area contributed by atoms with Gasteiger partial charge in [0.15, 0.2) is 0 Å². The van der Waals surface area contributed by atoms with Gasteiger partial charge in [0.25, 0.3) is 0 Å². The summed E-state index contributed by atoms with van der Waals surface area (Å²) in [6.45, 7) is 2.24. The fourth-order valence-corrected chi connectivity index (χ4v) is 2.22. The van der Waals surface area contributed by atoms with Crippen LogP contribution < -0.4 is 0 Å². The third kappa shape index (κ3) is 3.99. The van der Waals surface area contributed by atoms with Crippen molar-refractivity contribution in [3.8, 4) is 11.8 Å². The summed E-state index contributed by atoms with van der Waals surface area (Å²) in [4.78, 5) is 4.40. The van der Waals surface area contributed by atoms with E-state index in [9.17, 15) is 0 Å². The number of pyridine rings is 1. The van der Waals surface area contributed by atoms with Gasteiger partial charge in [0.1, 0.15) is 0 Å². The molecular formula is C16H16IN. The molecule has 0 N–H and O–H groups in total. The second-order valence-corrected chi connectivity index (χ2v) is 6.52. The van der Waals surface area contributed by atoms with Crippen LogP contribution in [0.4, 0.5) is 0 Å². The highest BCUT2D eigenvalue weighted by Gasteiger charge is 1.95. The van der Waals surface area contributed by atoms with Crippen LogP contribution in [0.2, 0.25) is 0 Å². The van der Waals surface area contributed by atoms with Crippen LogP contribution in [0.25, 0.3) is 10.9 Å². The molecule has 0 aliphatic heterocycles. The summed E-state index contributed by atoms with van der Waals surface area (Å²) in [5.74, 6) is 6.42. The molecule has 0 saturated heterocycles. The Morgan fingerprint density at radius 3 is 3.00 bits per heavy atom. The van der Waals surface area contributed by atoms with Crippen molar-refractivity contribution in [2.45, 2.75) is 30.1 Å². The molecule has 2 rings (SSSR count). The van der Waals surface area contributed by atoms with Gasteiger partial charge in [0.2, 0.25) is 0 Å². The third-order valence-electron chi connectivity index (χ3n) is 2.73. The van der Waals surface area contributed by atoms with Crippen LogP contribution >= 0.6 is 22.6 Å². The second-order valence-electron chi connectivity index (χ2n) is 4.39. The van der Waals surface area contributed by atoms with Crippen molar-refractivity contribution in [2.75, 3.05) is 0 Å². The second kappa shape index (κ2) is 6.75. The van der Waals surface area contributed by atoms with Gasteiger partial charge in [-0.2, -0.15) is 0 Å². The van der Waals surface area contributed by atoms with Crippen LogP contribution in [0.3, 0.4) is 0 Å². The summed E-state index contributed by atoms with van der Waals surface area (Å²) in [7, 11) is 0. The first-order valence-electron chi connectivity index (χ1n) is 6.23. The molecule has 1 unspecified atom stereocenters. The van der Waals surface area contributed by atoms with E-state index in [1.54, 1.807) is 0 Å². The molecule has 0 bridgehead atoms. The van der Waals surface area contributed by atoms with E-state index in [4.69, 9.17) is 0 Å². The van der Waals surface area contributed by atoms with E-state index < -0.39 is 0 Å². The maximum atomic E-state index is 4.40. The number of hydrogen-bond acceptors (Lipinski definition) is 1. The molecule has 0 fully saturated rings. The molecule has 2 aromatic rings. The Morgan fingerprint density at radius 2 is 2.17 bits per heavy atom. The Bertz CT molecular complexity index is 578. The van der Waals surface area contributed by atoms with Gasteiger partial charge in [-0.3, -0.25) is 4.98 Å². The van der Waals surface area contributed by atoms with E-state index >= 15 is 0 Å². The molecule has 1 heterocycles. The summed E-state index contributed by atoms with van der Waals surface area (Å²) >= 11 is 2.46. The average molecular weight is 349 g/mol. The summed E-state index contributed by atoms with van der Waals surface area (Å²) in [5, 5.41) is 1.16. The highest BCUT2D eigenvalue weighted by Crippen LogP contribution is 2.12. The Hall–Kier alpha value is -1.08. The zero-order chi connectivity index (χ0) is 12.8. The molecule has 0 amide bonds. The number of fused-ring (bicyclic) bond motifs is 1. The highest BCUT2D eigenvalue weighted by molar-refractivity contribution is 14.1. The van der Waals surface area contributed by atoms with E-state index in [1.165, 1.54) is 12.8 Å². The Kier molecular flexibility index (Phi) is 5.00. The number of unbranched alkanes of at least 4 members (excludes halogenated alkanes) is 1. The minimum Gasteiger partial charge on any atom is -0.255 e. The molecular weight excluding hydrogens is 333 g/mol. The van der Waals surface area contributed by atoms with Crippen LogP contribution in [0.1, 0.15) is 31.7 Å². The van der Waals surface area contributed by atoms with E-state index in [2.05, 4.69) is 58.5 Å². The van der Waals surface area contributed by atoms with Gasteiger partial charge in [-0.1, -0.05) is 59.6 Å². The van der Waals surface area contributed by atoms with E-state index in [-0.39, 0.29) is 0 Å². The first-order valence-corrected chi connectivity index (χ1v) is 7.48. The van der Waals surface area contributed by atoms with Crippen LogP contribution in [0.5, 0.6) is 0 Å². The van der Waals surface area contributed by atoms with Crippen molar-refractivity contribution in [2.24, 2.45) is 0 Å². The minimum absolute atomic E-state index is 0.742. The van der Waals surface area contributed by atoms with Crippen molar-refractivity contribution in [1.29, 1.82) is 0 Å². The van der Waals surface area contributed by atoms with Crippen LogP contribution in [0, 0.1) is 11.8 Å². The quantitative estimate of drug-likeness (QED) is 0.342. The molecule has 0 aliphatic carbocycles. The van der Waals surface area contributed by atoms with Crippen molar-refractivity contribution in [1.82, 2.24) is 4.98 Å². The van der Waals surface area contributed by atoms with Gasteiger partial charge < -0.3 is 0 Å². The fraction of sp³-hybridized carbons (Fsp3) is 0.312. The summed E-state index contributed by atoms with van der Waals surface area (Å²) < 4.78 is 0.742. The number of alkyl halides is 1. The molecule has 1 nitrogen and oxygen atoms in total. The lowest BCUT2D eigenvalue weighted by molar-refractivity contribution is 0.767. The van der Waals surface area contributed by atoms with Gasteiger partial charge in [0, 0.05) is 27.5 Å². The summed E-state index contributed by atoms with van der Waals surface area (Å²) in [5.41, 5.74) is 2.04. The first kappa shape index (κ1) is 13.4. The number of hydrogen-bond donors (Lipinski definition) is 0. The maximum absolute atomic E-state index is 4.40. The van der Waals surface area contributed by atoms with Crippen molar-refractivity contribution in [3.63, 3.8) is 0 Å². The number of para-hydroxylation sites is 1. The largest absolute Gasteiger partial charge is 0.255 e. The lowest BCUT2D eigenvalue weighted by Gasteiger charge is -1.98. The first-order chi connectivity index (χ1) is 8.75. The van der Waals surface area contributed by atoms with Gasteiger partial charge in [-0.25, -0.2) is 0 Å². The number of aromatic nitrogens is 1. The van der Waals surface area contributed by atoms with Crippen LogP contribution in [-0.4, -0.2) is 8.91 Å². The van der Waals surface area contributed by atoms with Crippen LogP contribution in [0.15, 0.2) is 36.5 Å². The molecule has 0 aliphatic rings. The zero-order valence-electron chi connectivity index (χ0n) is 10.5. The minimum atomic E-state index is 0.742. The van der Waals surface area contributed by atoms with Gasteiger partial charge >= 0.3 is 0 Å². The van der Waals surface area contributed by atoms with E-state index in [0.29, 0.717) is 0 Å². The molecule has 1 atom stereocenters. The average Bonchev–Trinajstić information content (AvgIpc) is 2.38. The predicted octanol–water partition coefficient (Wildman–Crippen LogP) is 4.58. The lowest BCUT2D eigenvalue weighted by atomic mass is 10.1. The number of nitrogens with zero attached hydrogens (tertiary/aromatic N) is 1. The molecule has 1 aromatic heterocycles. The molecule has 18 heavy (non-hydrogen) atoms. The normalized spacial score (nSPS) is 11.9. The molecule has 0 spiro atoms. The monoisotopic (exact) mass is 349 g/mol. The highest BCUT2D eigenvalue weighted by atomic mass is 127. The van der Waals surface area contributed by atoms with Gasteiger partial charge in [-0.05, 0) is 25.0 Å². The fourth-order valence-electron chi connectivity index (χ4n) is 1.78. The lowest BCUT2D eigenvalue weighted by Crippen LogP contribution is -1.87. The van der Waals surface area contributed by atoms with Crippen molar-refractivity contribution >= 4 is 33.5 Å². The maximum Gasteiger partial charge on any atom is 0.0702 e. The van der Waals surface area contributed by atoms with Crippen LogP contribution in [-0.2, 0) is 0 Å². The SMILES string of the molecule is CC(I)CCCC#Cc1cnc2ccccc2c1. The van der Waals surface area contributed by atoms with Gasteiger partial charge in [0.05, 0.1) is 5.52 Å². The third-order valence-corrected chi connectivity index (χ3v) is 3.35.